The van der Waals surface area contributed by atoms with E-state index >= 15 is 0 Å². The number of hydrogen-bond donors (Lipinski definition) is 2. The Balaban J connectivity index is 1.82. The van der Waals surface area contributed by atoms with Crippen LogP contribution in [0.15, 0.2) is 77.1 Å². The van der Waals surface area contributed by atoms with Crippen LogP contribution < -0.4 is 10.1 Å². The van der Waals surface area contributed by atoms with Crippen molar-refractivity contribution in [1.29, 1.82) is 0 Å². The number of carboxylic acid groups (broad SMARTS) is 1. The Labute approximate surface area is 191 Å². The smallest absolute Gasteiger partial charge is 0.337 e. The van der Waals surface area contributed by atoms with Gasteiger partial charge in [-0.1, -0.05) is 41.9 Å². The van der Waals surface area contributed by atoms with E-state index in [4.69, 9.17) is 21.1 Å². The molecule has 0 spiro atoms. The third kappa shape index (κ3) is 5.21. The molecule has 1 heterocycles. The number of carbonyl (C=O) groups is 2. The molecule has 0 saturated heterocycles. The van der Waals surface area contributed by atoms with Crippen molar-refractivity contribution in [2.24, 2.45) is 0 Å². The SMILES string of the molecule is COc1ccc(C=CCOC(=O)C2=C(C)NC(C)=C(C(=O)O)C2c2cccc(Cl)c2)cc1. The summed E-state index contributed by atoms with van der Waals surface area (Å²) < 4.78 is 10.6. The van der Waals surface area contributed by atoms with Gasteiger partial charge >= 0.3 is 11.9 Å². The van der Waals surface area contributed by atoms with Gasteiger partial charge < -0.3 is 19.9 Å². The van der Waals surface area contributed by atoms with Crippen LogP contribution in [0, 0.1) is 0 Å². The molecule has 0 aliphatic carbocycles. The number of ether oxygens (including phenoxy) is 2. The number of allylic oxidation sites excluding steroid dienone is 2. The molecule has 1 atom stereocenters. The van der Waals surface area contributed by atoms with Crippen molar-refractivity contribution in [2.45, 2.75) is 19.8 Å². The van der Waals surface area contributed by atoms with Gasteiger partial charge in [0.1, 0.15) is 12.4 Å². The number of carbonyl (C=O) groups excluding carboxylic acids is 1. The van der Waals surface area contributed by atoms with Crippen molar-refractivity contribution in [3.8, 4) is 5.75 Å². The molecule has 1 aliphatic rings. The maximum Gasteiger partial charge on any atom is 0.337 e. The molecule has 32 heavy (non-hydrogen) atoms. The minimum atomic E-state index is -1.11. The summed E-state index contributed by atoms with van der Waals surface area (Å²) in [6, 6.07) is 14.3. The lowest BCUT2D eigenvalue weighted by Gasteiger charge is -2.29. The van der Waals surface area contributed by atoms with Crippen molar-refractivity contribution >= 4 is 29.6 Å². The van der Waals surface area contributed by atoms with E-state index in [1.807, 2.05) is 30.3 Å². The van der Waals surface area contributed by atoms with Crippen LogP contribution in [0.1, 0.15) is 30.9 Å². The minimum absolute atomic E-state index is 0.0367. The molecule has 1 unspecified atom stereocenters. The number of halogens is 1. The highest BCUT2D eigenvalue weighted by Crippen LogP contribution is 2.39. The third-order valence-electron chi connectivity index (χ3n) is 5.13. The van der Waals surface area contributed by atoms with Crippen LogP contribution >= 0.6 is 11.6 Å². The van der Waals surface area contributed by atoms with Gasteiger partial charge in [0.25, 0.3) is 0 Å². The van der Waals surface area contributed by atoms with Gasteiger partial charge in [-0.15, -0.1) is 0 Å². The first kappa shape index (κ1) is 23.2. The molecule has 0 amide bonds. The number of dihydropyridines is 1. The van der Waals surface area contributed by atoms with Crippen molar-refractivity contribution in [2.75, 3.05) is 13.7 Å². The van der Waals surface area contributed by atoms with Gasteiger partial charge in [-0.3, -0.25) is 0 Å². The van der Waals surface area contributed by atoms with Crippen LogP contribution in [0.25, 0.3) is 6.08 Å². The van der Waals surface area contributed by atoms with E-state index in [1.54, 1.807) is 51.3 Å². The first-order chi connectivity index (χ1) is 15.3. The van der Waals surface area contributed by atoms with E-state index in [0.29, 0.717) is 22.0 Å². The van der Waals surface area contributed by atoms with Crippen LogP contribution in [0.3, 0.4) is 0 Å². The molecular formula is C25H24ClNO5. The minimum Gasteiger partial charge on any atom is -0.497 e. The van der Waals surface area contributed by atoms with Gasteiger partial charge in [-0.25, -0.2) is 9.59 Å². The fourth-order valence-corrected chi connectivity index (χ4v) is 3.87. The Bertz CT molecular complexity index is 1120. The molecule has 6 nitrogen and oxygen atoms in total. The fourth-order valence-electron chi connectivity index (χ4n) is 3.67. The average Bonchev–Trinajstić information content (AvgIpc) is 2.76. The second-order valence-corrected chi connectivity index (χ2v) is 7.71. The second-order valence-electron chi connectivity index (χ2n) is 7.27. The summed E-state index contributed by atoms with van der Waals surface area (Å²) in [5, 5.41) is 13.3. The van der Waals surface area contributed by atoms with Crippen LogP contribution in [-0.2, 0) is 14.3 Å². The van der Waals surface area contributed by atoms with Gasteiger partial charge in [-0.05, 0) is 55.3 Å². The molecule has 7 heteroatoms. The highest BCUT2D eigenvalue weighted by molar-refractivity contribution is 6.30. The zero-order chi connectivity index (χ0) is 23.3. The van der Waals surface area contributed by atoms with E-state index < -0.39 is 17.9 Å². The van der Waals surface area contributed by atoms with E-state index in [0.717, 1.165) is 11.3 Å². The number of benzene rings is 2. The lowest BCUT2D eigenvalue weighted by Crippen LogP contribution is -2.31. The van der Waals surface area contributed by atoms with Gasteiger partial charge in [0.15, 0.2) is 0 Å². The topological polar surface area (TPSA) is 84.9 Å². The quantitative estimate of drug-likeness (QED) is 0.578. The molecule has 0 radical (unpaired) electrons. The molecular weight excluding hydrogens is 430 g/mol. The summed E-state index contributed by atoms with van der Waals surface area (Å²) in [7, 11) is 1.60. The normalized spacial score (nSPS) is 16.2. The number of rotatable bonds is 7. The second kappa shape index (κ2) is 10.2. The Morgan fingerprint density at radius 3 is 2.41 bits per heavy atom. The molecule has 2 aromatic rings. The molecule has 0 saturated carbocycles. The van der Waals surface area contributed by atoms with Gasteiger partial charge in [0, 0.05) is 16.4 Å². The van der Waals surface area contributed by atoms with E-state index in [2.05, 4.69) is 5.32 Å². The largest absolute Gasteiger partial charge is 0.497 e. The number of methoxy groups -OCH3 is 1. The Morgan fingerprint density at radius 1 is 1.09 bits per heavy atom. The van der Waals surface area contributed by atoms with Gasteiger partial charge in [-0.2, -0.15) is 0 Å². The third-order valence-corrected chi connectivity index (χ3v) is 5.36. The van der Waals surface area contributed by atoms with Crippen LogP contribution in [-0.4, -0.2) is 30.8 Å². The van der Waals surface area contributed by atoms with Crippen molar-refractivity contribution in [3.05, 3.63) is 93.3 Å². The van der Waals surface area contributed by atoms with Crippen LogP contribution in [0.2, 0.25) is 5.02 Å². The summed E-state index contributed by atoms with van der Waals surface area (Å²) in [6.45, 7) is 3.43. The van der Waals surface area contributed by atoms with Crippen LogP contribution in [0.5, 0.6) is 5.75 Å². The lowest BCUT2D eigenvalue weighted by atomic mass is 9.80. The molecule has 3 rings (SSSR count). The highest BCUT2D eigenvalue weighted by Gasteiger charge is 2.37. The summed E-state index contributed by atoms with van der Waals surface area (Å²) in [6.07, 6.45) is 3.55. The summed E-state index contributed by atoms with van der Waals surface area (Å²) >= 11 is 6.14. The predicted octanol–water partition coefficient (Wildman–Crippen LogP) is 4.92. The van der Waals surface area contributed by atoms with E-state index in [9.17, 15) is 14.7 Å². The number of hydrogen-bond acceptors (Lipinski definition) is 5. The standard InChI is InChI=1S/C25H24ClNO5/c1-15-21(24(28)29)23(18-7-4-8-19(26)14-18)22(16(2)27-15)25(30)32-13-5-6-17-9-11-20(31-3)12-10-17/h4-12,14,23,27H,13H2,1-3H3,(H,28,29). The van der Waals surface area contributed by atoms with Gasteiger partial charge in [0.2, 0.25) is 0 Å². The maximum absolute atomic E-state index is 13.0. The predicted molar refractivity (Wildman–Crippen MR) is 123 cm³/mol. The molecule has 0 bridgehead atoms. The average molecular weight is 454 g/mol. The molecule has 166 valence electrons. The van der Waals surface area contributed by atoms with Crippen molar-refractivity contribution in [1.82, 2.24) is 5.32 Å². The maximum atomic E-state index is 13.0. The monoisotopic (exact) mass is 453 g/mol. The lowest BCUT2D eigenvalue weighted by molar-refractivity contribution is -0.138. The van der Waals surface area contributed by atoms with Crippen molar-refractivity contribution in [3.63, 3.8) is 0 Å². The molecule has 2 aromatic carbocycles. The molecule has 2 N–H and O–H groups in total. The Kier molecular flexibility index (Phi) is 7.38. The summed E-state index contributed by atoms with van der Waals surface area (Å²) in [4.78, 5) is 25.1. The highest BCUT2D eigenvalue weighted by atomic mass is 35.5. The number of nitrogens with one attached hydrogen (secondary N) is 1. The summed E-state index contributed by atoms with van der Waals surface area (Å²) in [5.41, 5.74) is 2.88. The fraction of sp³-hybridized carbons (Fsp3) is 0.200. The van der Waals surface area contributed by atoms with Crippen molar-refractivity contribution < 1.29 is 24.2 Å². The summed E-state index contributed by atoms with van der Waals surface area (Å²) in [5.74, 6) is -1.75. The Morgan fingerprint density at radius 2 is 1.78 bits per heavy atom. The molecule has 0 fully saturated rings. The zero-order valence-electron chi connectivity index (χ0n) is 18.0. The van der Waals surface area contributed by atoms with E-state index in [-0.39, 0.29) is 17.8 Å². The first-order valence-electron chi connectivity index (χ1n) is 9.97. The van der Waals surface area contributed by atoms with E-state index in [1.165, 1.54) is 0 Å². The number of carboxylic acids is 1. The Hall–Kier alpha value is -3.51. The molecule has 0 aromatic heterocycles. The van der Waals surface area contributed by atoms with Gasteiger partial charge in [0.05, 0.1) is 24.2 Å². The number of esters is 1. The molecule has 1 aliphatic heterocycles. The zero-order valence-corrected chi connectivity index (χ0v) is 18.8. The number of aliphatic carboxylic acids is 1. The van der Waals surface area contributed by atoms with Crippen LogP contribution in [0.4, 0.5) is 0 Å². The first-order valence-corrected chi connectivity index (χ1v) is 10.3.